The fourth-order valence-electron chi connectivity index (χ4n) is 3.26. The van der Waals surface area contributed by atoms with E-state index in [1.165, 1.54) is 6.42 Å². The highest BCUT2D eigenvalue weighted by atomic mass is 19.3. The van der Waals surface area contributed by atoms with E-state index in [9.17, 15) is 8.78 Å². The van der Waals surface area contributed by atoms with Gasteiger partial charge >= 0.3 is 0 Å². The Hall–Kier alpha value is -0.180. The van der Waals surface area contributed by atoms with Crippen LogP contribution < -0.4 is 5.32 Å². The van der Waals surface area contributed by atoms with E-state index >= 15 is 0 Å². The smallest absolute Gasteiger partial charge is 0.256 e. The number of hydrogen-bond donors (Lipinski definition) is 1. The van der Waals surface area contributed by atoms with Crippen molar-refractivity contribution < 1.29 is 8.78 Å². The highest BCUT2D eigenvalue weighted by Gasteiger charge is 2.55. The van der Waals surface area contributed by atoms with E-state index in [2.05, 4.69) is 5.32 Å². The van der Waals surface area contributed by atoms with Crippen LogP contribution in [0.3, 0.4) is 0 Å². The number of alkyl halides is 2. The Labute approximate surface area is 77.9 Å². The van der Waals surface area contributed by atoms with Gasteiger partial charge in [-0.1, -0.05) is 13.3 Å². The molecule has 0 aromatic heterocycles. The number of nitrogens with one attached hydrogen (secondary N) is 1. The zero-order valence-electron chi connectivity index (χ0n) is 8.02. The third-order valence-corrected chi connectivity index (χ3v) is 3.79. The molecule has 2 aliphatic rings. The molecule has 2 bridgehead atoms. The summed E-state index contributed by atoms with van der Waals surface area (Å²) >= 11 is 0. The summed E-state index contributed by atoms with van der Waals surface area (Å²) < 4.78 is 26.0. The minimum absolute atomic E-state index is 0.234. The van der Waals surface area contributed by atoms with Gasteiger partial charge < -0.3 is 5.32 Å². The number of halogens is 2. The number of hydrogen-bond acceptors (Lipinski definition) is 1. The second-order valence-electron chi connectivity index (χ2n) is 4.45. The van der Waals surface area contributed by atoms with Gasteiger partial charge in [0.05, 0.1) is 5.54 Å². The first-order chi connectivity index (χ1) is 6.19. The van der Waals surface area contributed by atoms with E-state index in [1.54, 1.807) is 0 Å². The molecule has 2 saturated carbocycles. The predicted octanol–water partition coefficient (Wildman–Crippen LogP) is 2.42. The average molecular weight is 189 g/mol. The maximum absolute atomic E-state index is 13.0. The molecule has 1 N–H and O–H groups in total. The van der Waals surface area contributed by atoms with Crippen molar-refractivity contribution in [1.29, 1.82) is 0 Å². The van der Waals surface area contributed by atoms with Crippen LogP contribution in [0.1, 0.15) is 32.6 Å². The van der Waals surface area contributed by atoms with Crippen LogP contribution in [0, 0.1) is 11.8 Å². The lowest BCUT2D eigenvalue weighted by atomic mass is 9.81. The summed E-state index contributed by atoms with van der Waals surface area (Å²) in [6, 6.07) is 0. The van der Waals surface area contributed by atoms with Gasteiger partial charge in [-0.3, -0.25) is 0 Å². The molecule has 0 spiro atoms. The monoisotopic (exact) mass is 189 g/mol. The standard InChI is InChI=1S/C10H17F2N/c1-2-13-10(9(11)12)6-7-3-4-8(10)5-7/h7-9,13H,2-6H2,1H3. The van der Waals surface area contributed by atoms with Gasteiger partial charge in [-0.05, 0) is 37.6 Å². The van der Waals surface area contributed by atoms with Crippen LogP contribution >= 0.6 is 0 Å². The molecule has 0 radical (unpaired) electrons. The van der Waals surface area contributed by atoms with E-state index in [4.69, 9.17) is 0 Å². The normalized spacial score (nSPS) is 43.4. The van der Waals surface area contributed by atoms with E-state index in [1.807, 2.05) is 6.92 Å². The van der Waals surface area contributed by atoms with Crippen molar-refractivity contribution in [3.8, 4) is 0 Å². The molecule has 3 atom stereocenters. The third-order valence-electron chi connectivity index (χ3n) is 3.79. The van der Waals surface area contributed by atoms with Gasteiger partial charge in [0.2, 0.25) is 0 Å². The molecule has 0 aromatic rings. The van der Waals surface area contributed by atoms with Crippen molar-refractivity contribution in [3.05, 3.63) is 0 Å². The Kier molecular flexibility index (Phi) is 2.30. The van der Waals surface area contributed by atoms with Crippen molar-refractivity contribution in [2.75, 3.05) is 6.54 Å². The highest BCUT2D eigenvalue weighted by molar-refractivity contribution is 5.07. The molecule has 0 amide bonds. The van der Waals surface area contributed by atoms with Gasteiger partial charge in [-0.25, -0.2) is 8.78 Å². The van der Waals surface area contributed by atoms with Crippen LogP contribution in [0.5, 0.6) is 0 Å². The van der Waals surface area contributed by atoms with Crippen molar-refractivity contribution in [2.45, 2.75) is 44.6 Å². The van der Waals surface area contributed by atoms with Crippen molar-refractivity contribution in [3.63, 3.8) is 0 Å². The van der Waals surface area contributed by atoms with Crippen LogP contribution in [0.25, 0.3) is 0 Å². The van der Waals surface area contributed by atoms with E-state index in [0.29, 0.717) is 18.9 Å². The average Bonchev–Trinajstić information content (AvgIpc) is 2.64. The molecule has 2 rings (SSSR count). The van der Waals surface area contributed by atoms with E-state index in [0.717, 1.165) is 12.8 Å². The van der Waals surface area contributed by atoms with Gasteiger partial charge in [-0.15, -0.1) is 0 Å². The molecule has 2 aliphatic carbocycles. The summed E-state index contributed by atoms with van der Waals surface area (Å²) in [6.07, 6.45) is 1.70. The highest BCUT2D eigenvalue weighted by Crippen LogP contribution is 2.52. The Bertz CT molecular complexity index is 195. The predicted molar refractivity (Wildman–Crippen MR) is 47.9 cm³/mol. The largest absolute Gasteiger partial charge is 0.306 e. The summed E-state index contributed by atoms with van der Waals surface area (Å²) in [7, 11) is 0. The summed E-state index contributed by atoms with van der Waals surface area (Å²) in [4.78, 5) is 0. The van der Waals surface area contributed by atoms with Gasteiger partial charge in [0, 0.05) is 0 Å². The van der Waals surface area contributed by atoms with Crippen molar-refractivity contribution >= 4 is 0 Å². The lowest BCUT2D eigenvalue weighted by Gasteiger charge is -2.37. The minimum atomic E-state index is -2.19. The zero-order chi connectivity index (χ0) is 9.47. The topological polar surface area (TPSA) is 12.0 Å². The van der Waals surface area contributed by atoms with Crippen LogP contribution in [-0.2, 0) is 0 Å². The Morgan fingerprint density at radius 1 is 1.46 bits per heavy atom. The SMILES string of the molecule is CCNC1(C(F)F)CC2CCC1C2. The van der Waals surface area contributed by atoms with Crippen molar-refractivity contribution in [1.82, 2.24) is 5.32 Å². The molecule has 13 heavy (non-hydrogen) atoms. The summed E-state index contributed by atoms with van der Waals surface area (Å²) in [6.45, 7) is 2.57. The van der Waals surface area contributed by atoms with E-state index < -0.39 is 12.0 Å². The lowest BCUT2D eigenvalue weighted by Crippen LogP contribution is -2.55. The molecule has 0 heterocycles. The second kappa shape index (κ2) is 3.19. The summed E-state index contributed by atoms with van der Waals surface area (Å²) in [5, 5.41) is 3.04. The second-order valence-corrected chi connectivity index (χ2v) is 4.45. The zero-order valence-corrected chi connectivity index (χ0v) is 8.02. The van der Waals surface area contributed by atoms with Gasteiger partial charge in [-0.2, -0.15) is 0 Å². The van der Waals surface area contributed by atoms with Crippen LogP contribution in [-0.4, -0.2) is 18.5 Å². The maximum atomic E-state index is 13.0. The molecule has 3 unspecified atom stereocenters. The van der Waals surface area contributed by atoms with E-state index in [-0.39, 0.29) is 5.92 Å². The van der Waals surface area contributed by atoms with Gasteiger partial charge in [0.25, 0.3) is 6.43 Å². The Morgan fingerprint density at radius 2 is 2.23 bits per heavy atom. The van der Waals surface area contributed by atoms with Crippen LogP contribution in [0.4, 0.5) is 8.78 Å². The van der Waals surface area contributed by atoms with Gasteiger partial charge in [0.15, 0.2) is 0 Å². The Balaban J connectivity index is 2.15. The molecule has 3 heteroatoms. The first-order valence-corrected chi connectivity index (χ1v) is 5.22. The van der Waals surface area contributed by atoms with Gasteiger partial charge in [0.1, 0.15) is 0 Å². The lowest BCUT2D eigenvalue weighted by molar-refractivity contribution is -0.00344. The molecular formula is C10H17F2N. The molecule has 0 aromatic carbocycles. The number of rotatable bonds is 3. The van der Waals surface area contributed by atoms with Crippen LogP contribution in [0.2, 0.25) is 0 Å². The molecule has 76 valence electrons. The quantitative estimate of drug-likeness (QED) is 0.719. The fourth-order valence-corrected chi connectivity index (χ4v) is 3.26. The maximum Gasteiger partial charge on any atom is 0.256 e. The third kappa shape index (κ3) is 1.28. The first kappa shape index (κ1) is 9.38. The van der Waals surface area contributed by atoms with Crippen molar-refractivity contribution in [2.24, 2.45) is 11.8 Å². The molecule has 0 aliphatic heterocycles. The minimum Gasteiger partial charge on any atom is -0.306 e. The first-order valence-electron chi connectivity index (χ1n) is 5.22. The molecular weight excluding hydrogens is 172 g/mol. The summed E-state index contributed by atoms with van der Waals surface area (Å²) in [5.74, 6) is 0.801. The molecule has 1 nitrogen and oxygen atoms in total. The Morgan fingerprint density at radius 3 is 2.62 bits per heavy atom. The summed E-state index contributed by atoms with van der Waals surface area (Å²) in [5.41, 5.74) is -0.822. The van der Waals surface area contributed by atoms with Crippen LogP contribution in [0.15, 0.2) is 0 Å². The fraction of sp³-hybridized carbons (Fsp3) is 1.00. The molecule has 0 saturated heterocycles. The number of fused-ring (bicyclic) bond motifs is 2. The molecule has 2 fully saturated rings.